The summed E-state index contributed by atoms with van der Waals surface area (Å²) in [5.74, 6) is -0.0482. The van der Waals surface area contributed by atoms with Crippen molar-refractivity contribution >= 4 is 23.1 Å². The highest BCUT2D eigenvalue weighted by Crippen LogP contribution is 2.31. The van der Waals surface area contributed by atoms with Crippen molar-refractivity contribution in [1.82, 2.24) is 19.8 Å². The molecular formula is C27H33ClFN5O3. The summed E-state index contributed by atoms with van der Waals surface area (Å²) in [6.45, 7) is 5.68. The molecule has 1 saturated carbocycles. The molecule has 1 aliphatic carbocycles. The molecule has 0 unspecified atom stereocenters. The van der Waals surface area contributed by atoms with E-state index in [0.717, 1.165) is 45.2 Å². The van der Waals surface area contributed by atoms with Crippen molar-refractivity contribution in [2.24, 2.45) is 5.73 Å². The van der Waals surface area contributed by atoms with Crippen LogP contribution in [-0.2, 0) is 0 Å². The van der Waals surface area contributed by atoms with Gasteiger partial charge >= 0.3 is 0 Å². The van der Waals surface area contributed by atoms with E-state index in [2.05, 4.69) is 14.9 Å². The second-order valence-electron chi connectivity index (χ2n) is 10.3. The van der Waals surface area contributed by atoms with E-state index in [1.807, 2.05) is 0 Å². The van der Waals surface area contributed by atoms with Crippen molar-refractivity contribution in [1.29, 1.82) is 0 Å². The normalized spacial score (nSPS) is 23.2. The molecule has 10 heteroatoms. The number of halogens is 2. The zero-order chi connectivity index (χ0) is 26.3. The molecule has 2 fully saturated rings. The topological polar surface area (TPSA) is 105 Å². The van der Waals surface area contributed by atoms with Gasteiger partial charge in [0.25, 0.3) is 5.91 Å². The van der Waals surface area contributed by atoms with Gasteiger partial charge in [0.15, 0.2) is 5.82 Å². The summed E-state index contributed by atoms with van der Waals surface area (Å²) in [6, 6.07) is 4.24. The molecule has 0 spiro atoms. The van der Waals surface area contributed by atoms with E-state index in [1.54, 1.807) is 18.7 Å². The number of aromatic nitrogens is 2. The highest BCUT2D eigenvalue weighted by Gasteiger charge is 2.34. The van der Waals surface area contributed by atoms with Gasteiger partial charge in [-0.15, -0.1) is 0 Å². The molecule has 37 heavy (non-hydrogen) atoms. The molecule has 0 radical (unpaired) electrons. The smallest absolute Gasteiger partial charge is 0.258 e. The first kappa shape index (κ1) is 25.9. The van der Waals surface area contributed by atoms with Crippen molar-refractivity contribution in [3.8, 4) is 5.75 Å². The number of amides is 1. The Kier molecular flexibility index (Phi) is 7.38. The van der Waals surface area contributed by atoms with Crippen LogP contribution in [0.15, 0.2) is 23.9 Å². The number of hydrogen-bond donors (Lipinski definition) is 2. The number of likely N-dealkylation sites (tertiary alicyclic amines) is 1. The molecule has 3 N–H and O–H groups in total. The second kappa shape index (κ2) is 10.6. The fourth-order valence-electron chi connectivity index (χ4n) is 5.64. The van der Waals surface area contributed by atoms with Crippen LogP contribution in [-0.4, -0.2) is 75.2 Å². The van der Waals surface area contributed by atoms with E-state index in [4.69, 9.17) is 22.1 Å². The Balaban J connectivity index is 1.28. The summed E-state index contributed by atoms with van der Waals surface area (Å²) in [5.41, 5.74) is 9.10. The Morgan fingerprint density at radius 3 is 2.49 bits per heavy atom. The lowest BCUT2D eigenvalue weighted by Gasteiger charge is -2.37. The highest BCUT2D eigenvalue weighted by atomic mass is 35.5. The van der Waals surface area contributed by atoms with Gasteiger partial charge in [0.05, 0.1) is 41.2 Å². The fourth-order valence-corrected chi connectivity index (χ4v) is 5.72. The lowest BCUT2D eigenvalue weighted by atomic mass is 10.0. The molecular weight excluding hydrogens is 497 g/mol. The van der Waals surface area contributed by atoms with Crippen molar-refractivity contribution in [2.75, 3.05) is 26.2 Å². The minimum Gasteiger partial charge on any atom is -0.489 e. The van der Waals surface area contributed by atoms with Gasteiger partial charge in [0.1, 0.15) is 17.7 Å². The molecule has 1 amide bonds. The molecule has 5 rings (SSSR count). The number of nitrogens with two attached hydrogens (primary N) is 1. The molecule has 1 aromatic carbocycles. The van der Waals surface area contributed by atoms with Crippen LogP contribution in [0.5, 0.6) is 5.75 Å². The maximum Gasteiger partial charge on any atom is 0.258 e. The van der Waals surface area contributed by atoms with E-state index < -0.39 is 5.82 Å². The summed E-state index contributed by atoms with van der Waals surface area (Å²) in [4.78, 5) is 26.4. The molecule has 0 bridgehead atoms. The molecule has 8 nitrogen and oxygen atoms in total. The van der Waals surface area contributed by atoms with Gasteiger partial charge in [-0.2, -0.15) is 0 Å². The molecule has 198 valence electrons. The minimum atomic E-state index is -0.460. The predicted octanol–water partition coefficient (Wildman–Crippen LogP) is 3.47. The van der Waals surface area contributed by atoms with E-state index >= 15 is 0 Å². The largest absolute Gasteiger partial charge is 0.489 e. The quantitative estimate of drug-likeness (QED) is 0.611. The Labute approximate surface area is 221 Å². The van der Waals surface area contributed by atoms with E-state index in [1.165, 1.54) is 18.2 Å². The Morgan fingerprint density at radius 1 is 1.14 bits per heavy atom. The average molecular weight is 530 g/mol. The number of nitrogens with zero attached hydrogens (tertiary/aromatic N) is 4. The number of aryl methyl sites for hydroxylation is 2. The first-order valence-electron chi connectivity index (χ1n) is 12.9. The number of piperidine rings is 1. The van der Waals surface area contributed by atoms with Crippen molar-refractivity contribution in [3.63, 3.8) is 0 Å². The van der Waals surface area contributed by atoms with Crippen LogP contribution in [0.4, 0.5) is 4.39 Å². The molecule has 3 heterocycles. The number of carbonyl (C=O) groups is 1. The van der Waals surface area contributed by atoms with Crippen molar-refractivity contribution in [2.45, 2.75) is 64.2 Å². The fraction of sp³-hybridized carbons (Fsp3) is 0.519. The first-order valence-corrected chi connectivity index (χ1v) is 13.2. The molecule has 2 atom stereocenters. The van der Waals surface area contributed by atoms with Gasteiger partial charge in [-0.25, -0.2) is 14.4 Å². The number of carbonyl (C=O) groups excluding carboxylic acids is 1. The third kappa shape index (κ3) is 5.30. The van der Waals surface area contributed by atoms with Crippen molar-refractivity contribution in [3.05, 3.63) is 57.5 Å². The highest BCUT2D eigenvalue weighted by molar-refractivity contribution is 6.31. The average Bonchev–Trinajstić information content (AvgIpc) is 3.48. The monoisotopic (exact) mass is 529 g/mol. The molecule has 1 saturated heterocycles. The van der Waals surface area contributed by atoms with Crippen LogP contribution in [0.3, 0.4) is 0 Å². The predicted molar refractivity (Wildman–Crippen MR) is 139 cm³/mol. The van der Waals surface area contributed by atoms with Crippen LogP contribution >= 0.6 is 11.6 Å². The number of rotatable bonds is 5. The lowest BCUT2D eigenvalue weighted by molar-refractivity contribution is 0.0280. The summed E-state index contributed by atoms with van der Waals surface area (Å²) in [7, 11) is 0. The van der Waals surface area contributed by atoms with Crippen LogP contribution < -0.4 is 10.5 Å². The maximum atomic E-state index is 14.2. The van der Waals surface area contributed by atoms with Gasteiger partial charge in [0, 0.05) is 36.5 Å². The van der Waals surface area contributed by atoms with Crippen LogP contribution in [0.1, 0.15) is 59.7 Å². The van der Waals surface area contributed by atoms with Gasteiger partial charge < -0.3 is 20.5 Å². The summed E-state index contributed by atoms with van der Waals surface area (Å²) in [6.07, 6.45) is 4.04. The van der Waals surface area contributed by atoms with Gasteiger partial charge in [-0.1, -0.05) is 11.6 Å². The minimum absolute atomic E-state index is 0.131. The van der Waals surface area contributed by atoms with Crippen LogP contribution in [0.2, 0.25) is 5.02 Å². The van der Waals surface area contributed by atoms with Crippen LogP contribution in [0.25, 0.3) is 5.57 Å². The number of hydrogen-bond acceptors (Lipinski definition) is 7. The van der Waals surface area contributed by atoms with Gasteiger partial charge in [-0.3, -0.25) is 9.69 Å². The van der Waals surface area contributed by atoms with Gasteiger partial charge in [0.2, 0.25) is 0 Å². The van der Waals surface area contributed by atoms with Crippen LogP contribution in [0, 0.1) is 19.7 Å². The standard InChI is InChI=1S/C27H33ClFN5O3/c1-15-25(28)16(2)32-26(31-15)20-13-34(14-21(20)30)27(36)19-7-6-17(29)12-24(19)37-18-8-10-33(11-9-18)22-4-3-5-23(22)35/h6-7,12,18,22-23,35H,3-5,8-11,13-14,30H2,1-2H3/t22-,23-/m0/s1. The Hall–Kier alpha value is -2.75. The van der Waals surface area contributed by atoms with E-state index in [-0.39, 0.29) is 43.0 Å². The Morgan fingerprint density at radius 2 is 1.84 bits per heavy atom. The number of aliphatic hydroxyl groups excluding tert-OH is 1. The van der Waals surface area contributed by atoms with E-state index in [9.17, 15) is 14.3 Å². The summed E-state index contributed by atoms with van der Waals surface area (Å²) in [5, 5.41) is 10.7. The number of benzene rings is 1. The third-order valence-electron chi connectivity index (χ3n) is 7.69. The number of ether oxygens (including phenoxy) is 1. The zero-order valence-electron chi connectivity index (χ0n) is 21.2. The summed E-state index contributed by atoms with van der Waals surface area (Å²) < 4.78 is 20.4. The third-order valence-corrected chi connectivity index (χ3v) is 8.24. The molecule has 2 aliphatic heterocycles. The van der Waals surface area contributed by atoms with Gasteiger partial charge in [-0.05, 0) is 58.1 Å². The molecule has 2 aromatic rings. The molecule has 3 aliphatic rings. The lowest BCUT2D eigenvalue weighted by Crippen LogP contribution is -2.47. The maximum absolute atomic E-state index is 14.2. The number of aliphatic hydroxyl groups is 1. The molecule has 1 aromatic heterocycles. The van der Waals surface area contributed by atoms with E-state index in [0.29, 0.717) is 39.1 Å². The van der Waals surface area contributed by atoms with Crippen molar-refractivity contribution < 1.29 is 19.0 Å². The Bertz CT molecular complexity index is 1210. The summed E-state index contributed by atoms with van der Waals surface area (Å²) >= 11 is 6.21. The SMILES string of the molecule is Cc1nc(C2=C(N)CN(C(=O)c3ccc(F)cc3OC3CCN([C@H]4CCC[C@@H]4O)CC3)C2)nc(C)c1Cl. The second-order valence-corrected chi connectivity index (χ2v) is 10.6. The zero-order valence-corrected chi connectivity index (χ0v) is 22.0. The first-order chi connectivity index (χ1) is 17.7.